The molecule has 0 radical (unpaired) electrons. The summed E-state index contributed by atoms with van der Waals surface area (Å²) in [4.78, 5) is 0. The van der Waals surface area contributed by atoms with Crippen molar-refractivity contribution in [1.29, 1.82) is 0 Å². The van der Waals surface area contributed by atoms with Gasteiger partial charge in [0.15, 0.2) is 0 Å². The first-order chi connectivity index (χ1) is 5.84. The summed E-state index contributed by atoms with van der Waals surface area (Å²) in [5, 5.41) is 0. The zero-order valence-corrected chi connectivity index (χ0v) is 7.42. The number of hydrogen-bond acceptors (Lipinski definition) is 1. The van der Waals surface area contributed by atoms with E-state index in [1.54, 1.807) is 0 Å². The van der Waals surface area contributed by atoms with E-state index in [4.69, 9.17) is 4.74 Å². The molecule has 0 aromatic heterocycles. The lowest BCUT2D eigenvalue weighted by molar-refractivity contribution is 0.300. The second kappa shape index (κ2) is 3.18. The lowest BCUT2D eigenvalue weighted by Crippen LogP contribution is -1.98. The Morgan fingerprint density at radius 1 is 1.25 bits per heavy atom. The van der Waals surface area contributed by atoms with Gasteiger partial charge in [-0.2, -0.15) is 0 Å². The van der Waals surface area contributed by atoms with E-state index in [0.29, 0.717) is 0 Å². The third-order valence-electron chi connectivity index (χ3n) is 2.20. The lowest BCUT2D eigenvalue weighted by atomic mass is 10.2. The highest BCUT2D eigenvalue weighted by Crippen LogP contribution is 2.29. The minimum Gasteiger partial charge on any atom is -0.493 e. The maximum atomic E-state index is 5.58. The first kappa shape index (κ1) is 7.66. The van der Waals surface area contributed by atoms with Crippen LogP contribution in [0.25, 0.3) is 0 Å². The van der Waals surface area contributed by atoms with E-state index < -0.39 is 0 Å². The van der Waals surface area contributed by atoms with Gasteiger partial charge in [-0.3, -0.25) is 0 Å². The van der Waals surface area contributed by atoms with Gasteiger partial charge in [-0.1, -0.05) is 17.7 Å². The SMILES string of the molecule is Cc1ccc(OCC2CC2)cc1. The lowest BCUT2D eigenvalue weighted by Gasteiger charge is -2.04. The smallest absolute Gasteiger partial charge is 0.119 e. The standard InChI is InChI=1S/C11H14O/c1-9-2-6-11(7-3-9)12-8-10-4-5-10/h2-3,6-7,10H,4-5,8H2,1H3. The minimum atomic E-state index is 0.839. The molecule has 1 nitrogen and oxygen atoms in total. The van der Waals surface area contributed by atoms with Gasteiger partial charge >= 0.3 is 0 Å². The number of hydrogen-bond donors (Lipinski definition) is 0. The second-order valence-electron chi connectivity index (χ2n) is 3.57. The van der Waals surface area contributed by atoms with Crippen LogP contribution in [-0.4, -0.2) is 6.61 Å². The number of benzene rings is 1. The van der Waals surface area contributed by atoms with Crippen molar-refractivity contribution >= 4 is 0 Å². The van der Waals surface area contributed by atoms with E-state index >= 15 is 0 Å². The van der Waals surface area contributed by atoms with E-state index in [-0.39, 0.29) is 0 Å². The molecule has 0 atom stereocenters. The van der Waals surface area contributed by atoms with Crippen LogP contribution < -0.4 is 4.74 Å². The van der Waals surface area contributed by atoms with Crippen molar-refractivity contribution in [3.8, 4) is 5.75 Å². The number of ether oxygens (including phenoxy) is 1. The molecule has 2 rings (SSSR count). The van der Waals surface area contributed by atoms with Crippen LogP contribution in [0.5, 0.6) is 5.75 Å². The summed E-state index contributed by atoms with van der Waals surface area (Å²) in [6, 6.07) is 8.25. The Morgan fingerprint density at radius 3 is 2.50 bits per heavy atom. The fourth-order valence-electron chi connectivity index (χ4n) is 1.13. The Kier molecular flexibility index (Phi) is 2.03. The van der Waals surface area contributed by atoms with Gasteiger partial charge in [0.1, 0.15) is 5.75 Å². The molecule has 12 heavy (non-hydrogen) atoms. The fourth-order valence-corrected chi connectivity index (χ4v) is 1.13. The third-order valence-corrected chi connectivity index (χ3v) is 2.20. The summed E-state index contributed by atoms with van der Waals surface area (Å²) in [5.41, 5.74) is 1.29. The normalized spacial score (nSPS) is 16.1. The molecular formula is C11H14O. The zero-order chi connectivity index (χ0) is 8.39. The van der Waals surface area contributed by atoms with E-state index in [1.807, 2.05) is 12.1 Å². The summed E-state index contributed by atoms with van der Waals surface area (Å²) in [5.74, 6) is 1.85. The summed E-state index contributed by atoms with van der Waals surface area (Å²) in [7, 11) is 0. The van der Waals surface area contributed by atoms with Crippen molar-refractivity contribution in [2.45, 2.75) is 19.8 Å². The van der Waals surface area contributed by atoms with Crippen molar-refractivity contribution in [1.82, 2.24) is 0 Å². The molecule has 1 aromatic rings. The predicted octanol–water partition coefficient (Wildman–Crippen LogP) is 2.78. The fraction of sp³-hybridized carbons (Fsp3) is 0.455. The molecule has 1 aliphatic rings. The highest BCUT2D eigenvalue weighted by molar-refractivity contribution is 5.26. The molecule has 0 spiro atoms. The summed E-state index contributed by atoms with van der Waals surface area (Å²) >= 11 is 0. The molecule has 0 bridgehead atoms. The molecule has 0 N–H and O–H groups in total. The van der Waals surface area contributed by atoms with Gasteiger partial charge in [-0.25, -0.2) is 0 Å². The molecule has 0 aliphatic heterocycles. The Balaban J connectivity index is 1.89. The van der Waals surface area contributed by atoms with Crippen molar-refractivity contribution in [3.63, 3.8) is 0 Å². The molecule has 1 aromatic carbocycles. The molecule has 0 unspecified atom stereocenters. The van der Waals surface area contributed by atoms with E-state index in [1.165, 1.54) is 18.4 Å². The Morgan fingerprint density at radius 2 is 1.92 bits per heavy atom. The first-order valence-corrected chi connectivity index (χ1v) is 4.54. The Hall–Kier alpha value is -0.980. The average Bonchev–Trinajstić information content (AvgIpc) is 2.87. The molecule has 0 saturated heterocycles. The zero-order valence-electron chi connectivity index (χ0n) is 7.42. The van der Waals surface area contributed by atoms with Crippen LogP contribution in [0.3, 0.4) is 0 Å². The molecular weight excluding hydrogens is 148 g/mol. The van der Waals surface area contributed by atoms with Gasteiger partial charge in [0.25, 0.3) is 0 Å². The average molecular weight is 162 g/mol. The Labute approximate surface area is 73.4 Å². The van der Waals surface area contributed by atoms with Crippen LogP contribution in [0.1, 0.15) is 18.4 Å². The first-order valence-electron chi connectivity index (χ1n) is 4.54. The van der Waals surface area contributed by atoms with Gasteiger partial charge < -0.3 is 4.74 Å². The molecule has 1 fully saturated rings. The van der Waals surface area contributed by atoms with Crippen LogP contribution in [0.15, 0.2) is 24.3 Å². The maximum Gasteiger partial charge on any atom is 0.119 e. The van der Waals surface area contributed by atoms with Crippen LogP contribution in [0, 0.1) is 12.8 Å². The molecule has 1 saturated carbocycles. The van der Waals surface area contributed by atoms with E-state index in [0.717, 1.165) is 18.3 Å². The molecule has 1 heteroatoms. The second-order valence-corrected chi connectivity index (χ2v) is 3.57. The van der Waals surface area contributed by atoms with Crippen molar-refractivity contribution in [2.24, 2.45) is 5.92 Å². The van der Waals surface area contributed by atoms with Crippen LogP contribution >= 0.6 is 0 Å². The van der Waals surface area contributed by atoms with Crippen molar-refractivity contribution < 1.29 is 4.74 Å². The third kappa shape index (κ3) is 2.00. The van der Waals surface area contributed by atoms with Gasteiger partial charge in [0.2, 0.25) is 0 Å². The Bertz CT molecular complexity index is 246. The molecule has 0 amide bonds. The molecule has 1 aliphatic carbocycles. The van der Waals surface area contributed by atoms with E-state index in [2.05, 4.69) is 19.1 Å². The van der Waals surface area contributed by atoms with E-state index in [9.17, 15) is 0 Å². The van der Waals surface area contributed by atoms with Crippen molar-refractivity contribution in [2.75, 3.05) is 6.61 Å². The van der Waals surface area contributed by atoms with Gasteiger partial charge in [-0.05, 0) is 37.8 Å². The summed E-state index contributed by atoms with van der Waals surface area (Å²) in [6.07, 6.45) is 2.71. The van der Waals surface area contributed by atoms with Gasteiger partial charge in [0.05, 0.1) is 6.61 Å². The summed E-state index contributed by atoms with van der Waals surface area (Å²) < 4.78 is 5.58. The van der Waals surface area contributed by atoms with Gasteiger partial charge in [-0.15, -0.1) is 0 Å². The van der Waals surface area contributed by atoms with Gasteiger partial charge in [0, 0.05) is 0 Å². The topological polar surface area (TPSA) is 9.23 Å². The highest BCUT2D eigenvalue weighted by Gasteiger charge is 2.21. The maximum absolute atomic E-state index is 5.58. The largest absolute Gasteiger partial charge is 0.493 e. The van der Waals surface area contributed by atoms with Crippen LogP contribution in [-0.2, 0) is 0 Å². The van der Waals surface area contributed by atoms with Crippen molar-refractivity contribution in [3.05, 3.63) is 29.8 Å². The summed E-state index contributed by atoms with van der Waals surface area (Å²) in [6.45, 7) is 2.99. The minimum absolute atomic E-state index is 0.839. The molecule has 64 valence electrons. The highest BCUT2D eigenvalue weighted by atomic mass is 16.5. The quantitative estimate of drug-likeness (QED) is 0.664. The number of aryl methyl sites for hydroxylation is 1. The molecule has 0 heterocycles. The van der Waals surface area contributed by atoms with Crippen LogP contribution in [0.4, 0.5) is 0 Å². The van der Waals surface area contributed by atoms with Crippen LogP contribution in [0.2, 0.25) is 0 Å². The number of rotatable bonds is 3. The predicted molar refractivity (Wildman–Crippen MR) is 49.4 cm³/mol. The monoisotopic (exact) mass is 162 g/mol.